The SMILES string of the molecule is CC(=O)O.CC=O.CN(C[C@@H](CCN1CC(N2CCC(O)CC2)C1)c1ccc(Cl)c(Cl)c1)C(=O)c1cc(C#N)cc2ccccc12.O. The third-order valence-electron chi connectivity index (χ3n) is 8.22. The van der Waals surface area contributed by atoms with Crippen molar-refractivity contribution >= 4 is 52.1 Å². The summed E-state index contributed by atoms with van der Waals surface area (Å²) in [6.45, 7) is 7.98. The Labute approximate surface area is 286 Å². The molecule has 3 aromatic rings. The molecule has 2 aliphatic heterocycles. The van der Waals surface area contributed by atoms with Gasteiger partial charge in [0, 0.05) is 64.2 Å². The van der Waals surface area contributed by atoms with Gasteiger partial charge in [0.25, 0.3) is 11.9 Å². The van der Waals surface area contributed by atoms with Gasteiger partial charge in [-0.05, 0) is 73.3 Å². The van der Waals surface area contributed by atoms with Crippen molar-refractivity contribution in [3.8, 4) is 6.07 Å². The fraction of sp³-hybridized carbons (Fsp3) is 0.429. The molecule has 1 amide bonds. The lowest BCUT2D eigenvalue weighted by Crippen LogP contribution is -2.61. The lowest BCUT2D eigenvalue weighted by Gasteiger charge is -2.47. The number of carboxylic acid groups (broad SMARTS) is 1. The molecule has 2 saturated heterocycles. The van der Waals surface area contributed by atoms with Crippen molar-refractivity contribution in [2.24, 2.45) is 0 Å². The normalized spacial score (nSPS) is 15.8. The zero-order valence-corrected chi connectivity index (χ0v) is 28.5. The van der Waals surface area contributed by atoms with Gasteiger partial charge in [-0.1, -0.05) is 53.5 Å². The summed E-state index contributed by atoms with van der Waals surface area (Å²) in [7, 11) is 1.82. The second kappa shape index (κ2) is 19.3. The van der Waals surface area contributed by atoms with E-state index in [0.717, 1.165) is 81.5 Å². The molecule has 0 spiro atoms. The van der Waals surface area contributed by atoms with Gasteiger partial charge in [-0.2, -0.15) is 5.26 Å². The number of aldehydes is 1. The van der Waals surface area contributed by atoms with Crippen molar-refractivity contribution in [2.75, 3.05) is 46.3 Å². The van der Waals surface area contributed by atoms with Gasteiger partial charge in [0.2, 0.25) is 0 Å². The van der Waals surface area contributed by atoms with Crippen LogP contribution in [0.2, 0.25) is 10.0 Å². The second-order valence-electron chi connectivity index (χ2n) is 11.6. The summed E-state index contributed by atoms with van der Waals surface area (Å²) in [5.74, 6) is -0.868. The number of aliphatic hydroxyl groups is 1. The van der Waals surface area contributed by atoms with Crippen LogP contribution in [0.5, 0.6) is 0 Å². The number of fused-ring (bicyclic) bond motifs is 1. The van der Waals surface area contributed by atoms with Crippen molar-refractivity contribution in [1.29, 1.82) is 5.26 Å². The minimum absolute atomic E-state index is 0. The number of hydrogen-bond acceptors (Lipinski definition) is 7. The molecule has 12 heteroatoms. The molecule has 0 saturated carbocycles. The number of nitriles is 1. The van der Waals surface area contributed by atoms with E-state index in [9.17, 15) is 15.2 Å². The largest absolute Gasteiger partial charge is 0.481 e. The Morgan fingerprint density at radius 1 is 1.09 bits per heavy atom. The lowest BCUT2D eigenvalue weighted by molar-refractivity contribution is -0.134. The summed E-state index contributed by atoms with van der Waals surface area (Å²) < 4.78 is 0. The van der Waals surface area contributed by atoms with Crippen LogP contribution in [0, 0.1) is 11.3 Å². The van der Waals surface area contributed by atoms with Crippen LogP contribution in [0.3, 0.4) is 0 Å². The summed E-state index contributed by atoms with van der Waals surface area (Å²) in [6.07, 6.45) is 3.20. The van der Waals surface area contributed by atoms with Crippen LogP contribution >= 0.6 is 23.2 Å². The highest BCUT2D eigenvalue weighted by Gasteiger charge is 2.34. The lowest BCUT2D eigenvalue weighted by atomic mass is 9.93. The fourth-order valence-corrected chi connectivity index (χ4v) is 6.15. The van der Waals surface area contributed by atoms with Crippen LogP contribution in [-0.4, -0.2) is 107 Å². The maximum Gasteiger partial charge on any atom is 0.300 e. The third-order valence-corrected chi connectivity index (χ3v) is 8.96. The van der Waals surface area contributed by atoms with Crippen LogP contribution < -0.4 is 0 Å². The first-order chi connectivity index (χ1) is 22.0. The Morgan fingerprint density at radius 3 is 2.30 bits per heavy atom. The van der Waals surface area contributed by atoms with Crippen molar-refractivity contribution < 1.29 is 30.1 Å². The Bertz CT molecular complexity index is 1530. The maximum absolute atomic E-state index is 13.7. The number of piperidine rings is 1. The van der Waals surface area contributed by atoms with Crippen molar-refractivity contribution in [2.45, 2.75) is 51.2 Å². The minimum atomic E-state index is -0.833. The van der Waals surface area contributed by atoms with Crippen molar-refractivity contribution in [1.82, 2.24) is 14.7 Å². The standard InChI is InChI=1S/C31H34Cl2N4O2.C2H4O2.C2H4O.H2O/c1-35(31(39)28-15-21(17-34)14-23-4-2-3-5-27(23)28)18-24(22-6-7-29(32)30(33)16-22)8-11-36-19-25(20-36)37-12-9-26(38)10-13-37;1-2(3)4;1-2-3;/h2-7,14-16,24-26,38H,8-13,18-20H2,1H3;1H3,(H,3,4);2H,1H3;1H2/t24-;;;/m1.../s1. The van der Waals surface area contributed by atoms with Crippen molar-refractivity contribution in [3.63, 3.8) is 0 Å². The number of carbonyl (C=O) groups excluding carboxylic acids is 2. The van der Waals surface area contributed by atoms with E-state index in [1.807, 2.05) is 55.6 Å². The van der Waals surface area contributed by atoms with Gasteiger partial charge in [-0.3, -0.25) is 14.5 Å². The van der Waals surface area contributed by atoms with Crippen molar-refractivity contribution in [3.05, 3.63) is 81.3 Å². The number of benzene rings is 3. The van der Waals surface area contributed by atoms with Gasteiger partial charge in [0.1, 0.15) is 6.29 Å². The predicted molar refractivity (Wildman–Crippen MR) is 185 cm³/mol. The number of carboxylic acids is 1. The number of likely N-dealkylation sites (N-methyl/N-ethyl adjacent to an activating group) is 1. The Kier molecular flexibility index (Phi) is 16.3. The summed E-state index contributed by atoms with van der Waals surface area (Å²) in [6, 6.07) is 19.7. The molecule has 3 aromatic carbocycles. The molecule has 0 unspecified atom stereocenters. The molecule has 47 heavy (non-hydrogen) atoms. The molecule has 0 aliphatic carbocycles. The van der Waals surface area contributed by atoms with E-state index in [-0.39, 0.29) is 23.4 Å². The number of nitrogens with zero attached hydrogens (tertiary/aromatic N) is 4. The fourth-order valence-electron chi connectivity index (χ4n) is 5.85. The highest BCUT2D eigenvalue weighted by atomic mass is 35.5. The molecule has 5 rings (SSSR count). The van der Waals surface area contributed by atoms with E-state index in [4.69, 9.17) is 37.9 Å². The predicted octanol–water partition coefficient (Wildman–Crippen LogP) is 4.88. The summed E-state index contributed by atoms with van der Waals surface area (Å²) >= 11 is 12.6. The van der Waals surface area contributed by atoms with E-state index in [1.165, 1.54) is 6.92 Å². The number of likely N-dealkylation sites (tertiary alicyclic amines) is 2. The number of halogens is 2. The Morgan fingerprint density at radius 2 is 1.70 bits per heavy atom. The molecular formula is C35H44Cl2N4O6. The molecule has 1 atom stereocenters. The number of carbonyl (C=O) groups is 3. The molecule has 2 aliphatic rings. The van der Waals surface area contributed by atoms with Gasteiger partial charge < -0.3 is 30.3 Å². The zero-order valence-electron chi connectivity index (χ0n) is 27.0. The second-order valence-corrected chi connectivity index (χ2v) is 12.5. The topological polar surface area (TPSA) is 157 Å². The summed E-state index contributed by atoms with van der Waals surface area (Å²) in [5, 5.41) is 29.5. The molecule has 2 fully saturated rings. The van der Waals surface area contributed by atoms with E-state index < -0.39 is 5.97 Å². The van der Waals surface area contributed by atoms with Gasteiger partial charge >= 0.3 is 0 Å². The average molecular weight is 688 g/mol. The molecule has 4 N–H and O–H groups in total. The number of amides is 1. The maximum atomic E-state index is 13.7. The number of aliphatic carboxylic acids is 1. The zero-order chi connectivity index (χ0) is 33.8. The molecule has 254 valence electrons. The molecule has 2 heterocycles. The van der Waals surface area contributed by atoms with Gasteiger partial charge in [0.15, 0.2) is 0 Å². The Balaban J connectivity index is 0.000000878. The molecule has 0 bridgehead atoms. The number of aliphatic hydroxyl groups excluding tert-OH is 1. The average Bonchev–Trinajstić information content (AvgIpc) is 3.01. The highest BCUT2D eigenvalue weighted by molar-refractivity contribution is 6.42. The minimum Gasteiger partial charge on any atom is -0.481 e. The van der Waals surface area contributed by atoms with E-state index >= 15 is 0 Å². The van der Waals surface area contributed by atoms with E-state index in [0.29, 0.717) is 33.8 Å². The van der Waals surface area contributed by atoms with Crippen LogP contribution in [-0.2, 0) is 9.59 Å². The van der Waals surface area contributed by atoms with Gasteiger partial charge in [-0.25, -0.2) is 0 Å². The van der Waals surface area contributed by atoms with E-state index in [2.05, 4.69) is 15.9 Å². The molecule has 10 nitrogen and oxygen atoms in total. The first kappa shape index (κ1) is 39.6. The molecular weight excluding hydrogens is 643 g/mol. The van der Waals surface area contributed by atoms with Crippen LogP contribution in [0.4, 0.5) is 0 Å². The highest BCUT2D eigenvalue weighted by Crippen LogP contribution is 2.31. The first-order valence-corrected chi connectivity index (χ1v) is 16.1. The van der Waals surface area contributed by atoms with Crippen LogP contribution in [0.1, 0.15) is 60.5 Å². The molecule has 0 radical (unpaired) electrons. The number of hydrogen-bond donors (Lipinski definition) is 2. The first-order valence-electron chi connectivity index (χ1n) is 15.3. The summed E-state index contributed by atoms with van der Waals surface area (Å²) in [4.78, 5) is 38.2. The summed E-state index contributed by atoms with van der Waals surface area (Å²) in [5.41, 5.74) is 2.07. The van der Waals surface area contributed by atoms with Crippen LogP contribution in [0.15, 0.2) is 54.6 Å². The quantitative estimate of drug-likeness (QED) is 0.318. The van der Waals surface area contributed by atoms with Gasteiger partial charge in [-0.15, -0.1) is 0 Å². The third kappa shape index (κ3) is 11.6. The molecule has 0 aromatic heterocycles. The van der Waals surface area contributed by atoms with Crippen LogP contribution in [0.25, 0.3) is 10.8 Å². The van der Waals surface area contributed by atoms with E-state index in [1.54, 1.807) is 11.0 Å². The Hall–Kier alpha value is -3.56. The monoisotopic (exact) mass is 686 g/mol. The van der Waals surface area contributed by atoms with Gasteiger partial charge in [0.05, 0.1) is 27.8 Å². The smallest absolute Gasteiger partial charge is 0.300 e. The number of rotatable bonds is 8.